The fourth-order valence-electron chi connectivity index (χ4n) is 2.41. The van der Waals surface area contributed by atoms with Crippen LogP contribution in [0.15, 0.2) is 24.3 Å². The van der Waals surface area contributed by atoms with Crippen molar-refractivity contribution in [2.24, 2.45) is 11.5 Å². The van der Waals surface area contributed by atoms with E-state index in [0.29, 0.717) is 12.6 Å². The number of likely N-dealkylation sites (tertiary alicyclic amines) is 1. The van der Waals surface area contributed by atoms with Gasteiger partial charge in [0.25, 0.3) is 6.47 Å². The van der Waals surface area contributed by atoms with Crippen molar-refractivity contribution in [1.29, 1.82) is 0 Å². The Morgan fingerprint density at radius 3 is 2.32 bits per heavy atom. The van der Waals surface area contributed by atoms with E-state index in [2.05, 4.69) is 29.6 Å². The third-order valence-corrected chi connectivity index (χ3v) is 3.56. The highest BCUT2D eigenvalue weighted by Crippen LogP contribution is 2.17. The first kappa shape index (κ1) is 17.8. The quantitative estimate of drug-likeness (QED) is 0.614. The number of nitrogens with one attached hydrogen (secondary N) is 1. The first-order chi connectivity index (χ1) is 10.6. The summed E-state index contributed by atoms with van der Waals surface area (Å²) in [4.78, 5) is 21.1. The topological polar surface area (TPSA) is 122 Å². The highest BCUT2D eigenvalue weighted by Gasteiger charge is 2.20. The maximum Gasteiger partial charge on any atom is 0.314 e. The van der Waals surface area contributed by atoms with Crippen LogP contribution in [-0.4, -0.2) is 48.2 Å². The SMILES string of the molecule is NCCc1ccc(NC2CCN(C(N)=O)CC2)cc1.O=CO. The molecular formula is C15H24N4O3. The van der Waals surface area contributed by atoms with Gasteiger partial charge in [0, 0.05) is 24.8 Å². The Balaban J connectivity index is 0.000000745. The van der Waals surface area contributed by atoms with E-state index in [1.165, 1.54) is 5.56 Å². The molecule has 1 fully saturated rings. The van der Waals surface area contributed by atoms with E-state index in [1.54, 1.807) is 4.90 Å². The number of carbonyl (C=O) groups excluding carboxylic acids is 1. The third-order valence-electron chi connectivity index (χ3n) is 3.56. The van der Waals surface area contributed by atoms with E-state index < -0.39 is 0 Å². The lowest BCUT2D eigenvalue weighted by Crippen LogP contribution is -2.44. The molecule has 0 radical (unpaired) electrons. The monoisotopic (exact) mass is 308 g/mol. The van der Waals surface area contributed by atoms with Crippen molar-refractivity contribution < 1.29 is 14.7 Å². The smallest absolute Gasteiger partial charge is 0.314 e. The van der Waals surface area contributed by atoms with Crippen molar-refractivity contribution in [3.05, 3.63) is 29.8 Å². The van der Waals surface area contributed by atoms with Crippen molar-refractivity contribution in [2.45, 2.75) is 25.3 Å². The third kappa shape index (κ3) is 6.01. The van der Waals surface area contributed by atoms with Crippen LogP contribution in [0.4, 0.5) is 10.5 Å². The fraction of sp³-hybridized carbons (Fsp3) is 0.467. The number of amides is 2. The zero-order valence-corrected chi connectivity index (χ0v) is 12.6. The lowest BCUT2D eigenvalue weighted by molar-refractivity contribution is -0.122. The highest BCUT2D eigenvalue weighted by molar-refractivity contribution is 5.72. The Hall–Kier alpha value is -2.28. The molecule has 1 saturated heterocycles. The molecule has 7 heteroatoms. The zero-order valence-electron chi connectivity index (χ0n) is 12.6. The number of anilines is 1. The molecule has 2 rings (SSSR count). The number of hydrogen-bond donors (Lipinski definition) is 4. The van der Waals surface area contributed by atoms with Gasteiger partial charge in [-0.15, -0.1) is 0 Å². The second kappa shape index (κ2) is 9.62. The Bertz CT molecular complexity index is 456. The molecule has 1 aliphatic rings. The molecular weight excluding hydrogens is 284 g/mol. The van der Waals surface area contributed by atoms with Gasteiger partial charge in [0.05, 0.1) is 0 Å². The normalized spacial score (nSPS) is 14.7. The number of urea groups is 1. The van der Waals surface area contributed by atoms with Crippen LogP contribution in [0, 0.1) is 0 Å². The minimum Gasteiger partial charge on any atom is -0.483 e. The standard InChI is InChI=1S/C14H22N4O.CH2O2/c15-8-5-11-1-3-12(4-2-11)17-13-6-9-18(10-7-13)14(16)19;2-1-3/h1-4,13,17H,5-10,15H2,(H2,16,19);1H,(H,2,3). The minimum atomic E-state index is -0.315. The van der Waals surface area contributed by atoms with Crippen molar-refractivity contribution in [3.8, 4) is 0 Å². The number of benzene rings is 1. The second-order valence-corrected chi connectivity index (χ2v) is 5.08. The first-order valence-corrected chi connectivity index (χ1v) is 7.28. The molecule has 0 unspecified atom stereocenters. The first-order valence-electron chi connectivity index (χ1n) is 7.28. The van der Waals surface area contributed by atoms with Gasteiger partial charge in [0.15, 0.2) is 0 Å². The average molecular weight is 308 g/mol. The molecule has 0 bridgehead atoms. The summed E-state index contributed by atoms with van der Waals surface area (Å²) in [6.45, 7) is 1.90. The van der Waals surface area contributed by atoms with Crippen LogP contribution in [0.2, 0.25) is 0 Å². The molecule has 0 aliphatic carbocycles. The van der Waals surface area contributed by atoms with Gasteiger partial charge in [-0.3, -0.25) is 4.79 Å². The molecule has 6 N–H and O–H groups in total. The summed E-state index contributed by atoms with van der Waals surface area (Å²) in [5, 5.41) is 10.4. The van der Waals surface area contributed by atoms with Crippen LogP contribution in [0.1, 0.15) is 18.4 Å². The molecule has 0 spiro atoms. The zero-order chi connectivity index (χ0) is 16.4. The summed E-state index contributed by atoms with van der Waals surface area (Å²) >= 11 is 0. The summed E-state index contributed by atoms with van der Waals surface area (Å²) in [6.07, 6.45) is 2.79. The predicted octanol–water partition coefficient (Wildman–Crippen LogP) is 0.844. The summed E-state index contributed by atoms with van der Waals surface area (Å²) < 4.78 is 0. The number of hydrogen-bond acceptors (Lipinski definition) is 4. The van der Waals surface area contributed by atoms with E-state index in [4.69, 9.17) is 21.4 Å². The maximum atomic E-state index is 11.0. The molecule has 0 atom stereocenters. The Labute approximate surface area is 130 Å². The molecule has 0 saturated carbocycles. The van der Waals surface area contributed by atoms with Gasteiger partial charge in [0.1, 0.15) is 0 Å². The molecule has 122 valence electrons. The molecule has 0 aromatic heterocycles. The fourth-order valence-corrected chi connectivity index (χ4v) is 2.41. The maximum absolute atomic E-state index is 11.0. The van der Waals surface area contributed by atoms with E-state index in [1.807, 2.05) is 0 Å². The van der Waals surface area contributed by atoms with Crippen molar-refractivity contribution in [1.82, 2.24) is 4.90 Å². The Morgan fingerprint density at radius 1 is 1.32 bits per heavy atom. The predicted molar refractivity (Wildman–Crippen MR) is 85.7 cm³/mol. The number of nitrogens with zero attached hydrogens (tertiary/aromatic N) is 1. The molecule has 1 aliphatic heterocycles. The number of carboxylic acid groups (broad SMARTS) is 1. The molecule has 7 nitrogen and oxygen atoms in total. The largest absolute Gasteiger partial charge is 0.483 e. The minimum absolute atomic E-state index is 0.250. The van der Waals surface area contributed by atoms with Gasteiger partial charge in [-0.05, 0) is 43.5 Å². The Kier molecular flexibility index (Phi) is 7.77. The van der Waals surface area contributed by atoms with Gasteiger partial charge in [-0.2, -0.15) is 0 Å². The number of piperidine rings is 1. The van der Waals surface area contributed by atoms with Crippen LogP contribution in [-0.2, 0) is 11.2 Å². The second-order valence-electron chi connectivity index (χ2n) is 5.08. The Morgan fingerprint density at radius 2 is 1.86 bits per heavy atom. The molecule has 1 aromatic rings. The molecule has 22 heavy (non-hydrogen) atoms. The molecule has 1 heterocycles. The summed E-state index contributed by atoms with van der Waals surface area (Å²) in [5.41, 5.74) is 13.2. The number of carbonyl (C=O) groups is 2. The van der Waals surface area contributed by atoms with E-state index in [0.717, 1.165) is 38.0 Å². The van der Waals surface area contributed by atoms with Gasteiger partial charge < -0.3 is 26.8 Å². The van der Waals surface area contributed by atoms with E-state index in [9.17, 15) is 4.79 Å². The lowest BCUT2D eigenvalue weighted by Gasteiger charge is -2.31. The molecule has 2 amide bonds. The van der Waals surface area contributed by atoms with E-state index >= 15 is 0 Å². The van der Waals surface area contributed by atoms with Gasteiger partial charge >= 0.3 is 6.03 Å². The summed E-state index contributed by atoms with van der Waals surface area (Å²) in [5.74, 6) is 0. The summed E-state index contributed by atoms with van der Waals surface area (Å²) in [6, 6.07) is 8.48. The van der Waals surface area contributed by atoms with Crippen LogP contribution < -0.4 is 16.8 Å². The number of primary amides is 1. The van der Waals surface area contributed by atoms with Gasteiger partial charge in [0.2, 0.25) is 0 Å². The van der Waals surface area contributed by atoms with Crippen LogP contribution in [0.25, 0.3) is 0 Å². The van der Waals surface area contributed by atoms with Crippen LogP contribution in [0.3, 0.4) is 0 Å². The van der Waals surface area contributed by atoms with Crippen molar-refractivity contribution in [3.63, 3.8) is 0 Å². The lowest BCUT2D eigenvalue weighted by atomic mass is 10.0. The van der Waals surface area contributed by atoms with Crippen molar-refractivity contribution in [2.75, 3.05) is 25.0 Å². The van der Waals surface area contributed by atoms with Crippen LogP contribution in [0.5, 0.6) is 0 Å². The van der Waals surface area contributed by atoms with Crippen LogP contribution >= 0.6 is 0 Å². The van der Waals surface area contributed by atoms with Crippen molar-refractivity contribution >= 4 is 18.2 Å². The number of nitrogens with two attached hydrogens (primary N) is 2. The number of rotatable bonds is 4. The highest BCUT2D eigenvalue weighted by atomic mass is 16.3. The van der Waals surface area contributed by atoms with Gasteiger partial charge in [-0.1, -0.05) is 12.1 Å². The average Bonchev–Trinajstić information content (AvgIpc) is 2.51. The molecule has 1 aromatic carbocycles. The summed E-state index contributed by atoms with van der Waals surface area (Å²) in [7, 11) is 0. The van der Waals surface area contributed by atoms with E-state index in [-0.39, 0.29) is 12.5 Å². The van der Waals surface area contributed by atoms with Gasteiger partial charge in [-0.25, -0.2) is 4.79 Å².